The number of hydrogen-bond acceptors (Lipinski definition) is 3. The molecule has 0 aromatic heterocycles. The number of ether oxygens (including phenoxy) is 1. The lowest BCUT2D eigenvalue weighted by Crippen LogP contribution is -2.33. The van der Waals surface area contributed by atoms with E-state index >= 15 is 0 Å². The molecule has 0 saturated carbocycles. The first-order chi connectivity index (χ1) is 9.43. The Hall–Kier alpha value is -1.06. The van der Waals surface area contributed by atoms with Crippen molar-refractivity contribution in [2.24, 2.45) is 0 Å². The standard InChI is InChI=1S/C16H24N2O/c1-2-5-16-14(4-1)8-12-18(16)11-3-13-19-15-6-9-17-10-7-15/h1-2,4-5,15,17H,3,6-13H2. The molecule has 0 bridgehead atoms. The Morgan fingerprint density at radius 3 is 2.95 bits per heavy atom. The number of nitrogens with one attached hydrogen (secondary N) is 1. The molecule has 1 fully saturated rings. The van der Waals surface area contributed by atoms with Crippen LogP contribution in [0.5, 0.6) is 0 Å². The van der Waals surface area contributed by atoms with Crippen LogP contribution in [0.2, 0.25) is 0 Å². The Morgan fingerprint density at radius 2 is 2.05 bits per heavy atom. The van der Waals surface area contributed by atoms with Crippen molar-refractivity contribution >= 4 is 5.69 Å². The fraction of sp³-hybridized carbons (Fsp3) is 0.625. The van der Waals surface area contributed by atoms with Gasteiger partial charge in [0, 0.05) is 25.4 Å². The first-order valence-corrected chi connectivity index (χ1v) is 7.58. The summed E-state index contributed by atoms with van der Waals surface area (Å²) in [5.74, 6) is 0. The van der Waals surface area contributed by atoms with E-state index in [1.54, 1.807) is 0 Å². The van der Waals surface area contributed by atoms with E-state index in [1.807, 2.05) is 0 Å². The summed E-state index contributed by atoms with van der Waals surface area (Å²) in [5.41, 5.74) is 2.94. The van der Waals surface area contributed by atoms with Gasteiger partial charge in [-0.05, 0) is 50.4 Å². The summed E-state index contributed by atoms with van der Waals surface area (Å²) >= 11 is 0. The third kappa shape index (κ3) is 3.28. The van der Waals surface area contributed by atoms with Gasteiger partial charge in [-0.25, -0.2) is 0 Å². The maximum atomic E-state index is 5.96. The highest BCUT2D eigenvalue weighted by Gasteiger charge is 2.18. The van der Waals surface area contributed by atoms with Gasteiger partial charge >= 0.3 is 0 Å². The van der Waals surface area contributed by atoms with Crippen LogP contribution >= 0.6 is 0 Å². The van der Waals surface area contributed by atoms with Crippen molar-refractivity contribution in [3.8, 4) is 0 Å². The molecule has 0 unspecified atom stereocenters. The Labute approximate surface area is 115 Å². The second-order valence-corrected chi connectivity index (χ2v) is 5.54. The van der Waals surface area contributed by atoms with Crippen LogP contribution in [0.1, 0.15) is 24.8 Å². The fourth-order valence-corrected chi connectivity index (χ4v) is 3.11. The van der Waals surface area contributed by atoms with E-state index < -0.39 is 0 Å². The highest BCUT2D eigenvalue weighted by Crippen LogP contribution is 2.27. The minimum Gasteiger partial charge on any atom is -0.378 e. The van der Waals surface area contributed by atoms with Gasteiger partial charge in [-0.3, -0.25) is 0 Å². The van der Waals surface area contributed by atoms with Crippen LogP contribution in [0.25, 0.3) is 0 Å². The van der Waals surface area contributed by atoms with Crippen molar-refractivity contribution in [3.63, 3.8) is 0 Å². The van der Waals surface area contributed by atoms with Crippen LogP contribution < -0.4 is 10.2 Å². The fourth-order valence-electron chi connectivity index (χ4n) is 3.11. The number of hydrogen-bond donors (Lipinski definition) is 1. The number of piperidine rings is 1. The zero-order chi connectivity index (χ0) is 12.9. The smallest absolute Gasteiger partial charge is 0.0599 e. The van der Waals surface area contributed by atoms with E-state index in [1.165, 1.54) is 37.1 Å². The maximum absolute atomic E-state index is 5.96. The molecule has 0 amide bonds. The molecule has 0 spiro atoms. The van der Waals surface area contributed by atoms with Gasteiger partial charge in [-0.2, -0.15) is 0 Å². The molecule has 1 saturated heterocycles. The molecular formula is C16H24N2O. The maximum Gasteiger partial charge on any atom is 0.0599 e. The molecule has 2 heterocycles. The van der Waals surface area contributed by atoms with Gasteiger partial charge in [0.05, 0.1) is 6.10 Å². The SMILES string of the molecule is c1ccc2c(c1)CCN2CCCOC1CCNCC1. The molecule has 3 heteroatoms. The third-order valence-electron chi connectivity index (χ3n) is 4.20. The average Bonchev–Trinajstić information content (AvgIpc) is 2.88. The van der Waals surface area contributed by atoms with Crippen molar-refractivity contribution in [3.05, 3.63) is 29.8 Å². The molecular weight excluding hydrogens is 236 g/mol. The van der Waals surface area contributed by atoms with E-state index in [0.29, 0.717) is 6.10 Å². The molecule has 104 valence electrons. The first kappa shape index (κ1) is 12.9. The van der Waals surface area contributed by atoms with Crippen molar-refractivity contribution < 1.29 is 4.74 Å². The number of para-hydroxylation sites is 1. The molecule has 1 aromatic rings. The molecule has 2 aliphatic heterocycles. The Morgan fingerprint density at radius 1 is 1.21 bits per heavy atom. The van der Waals surface area contributed by atoms with Crippen molar-refractivity contribution in [1.82, 2.24) is 5.32 Å². The van der Waals surface area contributed by atoms with Gasteiger partial charge in [0.2, 0.25) is 0 Å². The molecule has 3 nitrogen and oxygen atoms in total. The quantitative estimate of drug-likeness (QED) is 0.822. The summed E-state index contributed by atoms with van der Waals surface area (Å²) in [6.07, 6.45) is 5.18. The molecule has 1 N–H and O–H groups in total. The average molecular weight is 260 g/mol. The number of benzene rings is 1. The number of rotatable bonds is 5. The van der Waals surface area contributed by atoms with Gasteiger partial charge in [0.15, 0.2) is 0 Å². The van der Waals surface area contributed by atoms with Crippen molar-refractivity contribution in [2.45, 2.75) is 31.8 Å². The van der Waals surface area contributed by atoms with Crippen LogP contribution in [-0.2, 0) is 11.2 Å². The summed E-state index contributed by atoms with van der Waals surface area (Å²) in [6.45, 7) is 5.44. The molecule has 0 aliphatic carbocycles. The second kappa shape index (κ2) is 6.40. The molecule has 19 heavy (non-hydrogen) atoms. The lowest BCUT2D eigenvalue weighted by Gasteiger charge is -2.24. The van der Waals surface area contributed by atoms with E-state index in [4.69, 9.17) is 4.74 Å². The lowest BCUT2D eigenvalue weighted by atomic mass is 10.1. The lowest BCUT2D eigenvalue weighted by molar-refractivity contribution is 0.0324. The summed E-state index contributed by atoms with van der Waals surface area (Å²) in [5, 5.41) is 3.37. The Kier molecular flexibility index (Phi) is 4.36. The minimum atomic E-state index is 0.493. The number of anilines is 1. The zero-order valence-electron chi connectivity index (χ0n) is 11.6. The highest BCUT2D eigenvalue weighted by atomic mass is 16.5. The summed E-state index contributed by atoms with van der Waals surface area (Å²) in [6, 6.07) is 8.78. The largest absolute Gasteiger partial charge is 0.378 e. The van der Waals surface area contributed by atoms with Crippen LogP contribution in [0, 0.1) is 0 Å². The van der Waals surface area contributed by atoms with Gasteiger partial charge < -0.3 is 15.0 Å². The Bertz CT molecular complexity index is 401. The molecule has 0 atom stereocenters. The van der Waals surface area contributed by atoms with Crippen LogP contribution in [0.3, 0.4) is 0 Å². The van der Waals surface area contributed by atoms with Gasteiger partial charge in [-0.1, -0.05) is 18.2 Å². The molecule has 2 aliphatic rings. The molecule has 1 aromatic carbocycles. The van der Waals surface area contributed by atoms with Crippen LogP contribution in [0.15, 0.2) is 24.3 Å². The van der Waals surface area contributed by atoms with Gasteiger partial charge in [0.1, 0.15) is 0 Å². The summed E-state index contributed by atoms with van der Waals surface area (Å²) in [7, 11) is 0. The van der Waals surface area contributed by atoms with E-state index in [9.17, 15) is 0 Å². The summed E-state index contributed by atoms with van der Waals surface area (Å²) < 4.78 is 5.96. The van der Waals surface area contributed by atoms with E-state index in [2.05, 4.69) is 34.5 Å². The molecule has 0 radical (unpaired) electrons. The number of fused-ring (bicyclic) bond motifs is 1. The first-order valence-electron chi connectivity index (χ1n) is 7.58. The zero-order valence-corrected chi connectivity index (χ0v) is 11.6. The number of nitrogens with zero attached hydrogens (tertiary/aromatic N) is 1. The monoisotopic (exact) mass is 260 g/mol. The van der Waals surface area contributed by atoms with Crippen LogP contribution in [-0.4, -0.2) is 38.9 Å². The summed E-state index contributed by atoms with van der Waals surface area (Å²) in [4.78, 5) is 2.50. The Balaban J connectivity index is 1.39. The topological polar surface area (TPSA) is 24.5 Å². The minimum absolute atomic E-state index is 0.493. The van der Waals surface area contributed by atoms with Gasteiger partial charge in [0.25, 0.3) is 0 Å². The van der Waals surface area contributed by atoms with Crippen LogP contribution in [0.4, 0.5) is 5.69 Å². The molecule has 3 rings (SSSR count). The second-order valence-electron chi connectivity index (χ2n) is 5.54. The van der Waals surface area contributed by atoms with E-state index in [-0.39, 0.29) is 0 Å². The van der Waals surface area contributed by atoms with Crippen molar-refractivity contribution in [1.29, 1.82) is 0 Å². The highest BCUT2D eigenvalue weighted by molar-refractivity contribution is 5.57. The van der Waals surface area contributed by atoms with Gasteiger partial charge in [-0.15, -0.1) is 0 Å². The third-order valence-corrected chi connectivity index (χ3v) is 4.20. The van der Waals surface area contributed by atoms with E-state index in [0.717, 1.165) is 32.7 Å². The van der Waals surface area contributed by atoms with Crippen molar-refractivity contribution in [2.75, 3.05) is 37.7 Å². The predicted octanol–water partition coefficient (Wildman–Crippen LogP) is 2.21. The normalized spacial score (nSPS) is 19.7. The predicted molar refractivity (Wildman–Crippen MR) is 78.8 cm³/mol.